The summed E-state index contributed by atoms with van der Waals surface area (Å²) in [7, 11) is -4.67. The van der Waals surface area contributed by atoms with E-state index in [1.54, 1.807) is 22.6 Å². The molecule has 1 aliphatic rings. The molecule has 1 fully saturated rings. The summed E-state index contributed by atoms with van der Waals surface area (Å²) in [6.45, 7) is -0.517. The van der Waals surface area contributed by atoms with E-state index >= 15 is 0 Å². The third-order valence-electron chi connectivity index (χ3n) is 2.85. The molecule has 4 N–H and O–H groups in total. The zero-order chi connectivity index (χ0) is 15.8. The Morgan fingerprint density at radius 3 is 2.81 bits per heavy atom. The van der Waals surface area contributed by atoms with Gasteiger partial charge in [0.15, 0.2) is 0 Å². The molecule has 118 valence electrons. The highest BCUT2D eigenvalue weighted by atomic mass is 127. The Kier molecular flexibility index (Phi) is 5.03. The number of aliphatic hydroxyl groups is 1. The molecule has 0 amide bonds. The van der Waals surface area contributed by atoms with Crippen LogP contribution in [-0.4, -0.2) is 43.3 Å². The summed E-state index contributed by atoms with van der Waals surface area (Å²) in [4.78, 5) is 42.3. The molecule has 0 aliphatic carbocycles. The fourth-order valence-corrected chi connectivity index (χ4v) is 2.66. The number of phosphoric ester groups is 1. The van der Waals surface area contributed by atoms with Crippen molar-refractivity contribution in [1.82, 2.24) is 9.55 Å². The van der Waals surface area contributed by atoms with Crippen molar-refractivity contribution in [2.75, 3.05) is 6.61 Å². The number of halogens is 1. The second-order valence-electron chi connectivity index (χ2n) is 4.36. The van der Waals surface area contributed by atoms with Gasteiger partial charge in [0.1, 0.15) is 12.3 Å². The number of nitrogens with one attached hydrogen (secondary N) is 1. The van der Waals surface area contributed by atoms with E-state index in [1.165, 1.54) is 6.20 Å². The number of aromatic nitrogens is 2. The van der Waals surface area contributed by atoms with Gasteiger partial charge in [-0.2, -0.15) is 0 Å². The Morgan fingerprint density at radius 1 is 1.52 bits per heavy atom. The largest absolute Gasteiger partial charge is 0.469 e. The van der Waals surface area contributed by atoms with Crippen LogP contribution >= 0.6 is 30.4 Å². The highest BCUT2D eigenvalue weighted by Crippen LogP contribution is 2.38. The average Bonchev–Trinajstić information content (AvgIpc) is 2.72. The van der Waals surface area contributed by atoms with Crippen LogP contribution in [0.3, 0.4) is 0 Å². The number of ether oxygens (including phenoxy) is 1. The molecular formula is C9H12IN2O8P. The molecule has 2 rings (SSSR count). The van der Waals surface area contributed by atoms with Crippen LogP contribution < -0.4 is 11.2 Å². The molecule has 2 heterocycles. The third kappa shape index (κ3) is 4.22. The molecule has 0 aromatic carbocycles. The molecule has 10 nitrogen and oxygen atoms in total. The van der Waals surface area contributed by atoms with Gasteiger partial charge >= 0.3 is 13.5 Å². The van der Waals surface area contributed by atoms with E-state index in [0.717, 1.165) is 4.57 Å². The molecule has 1 saturated heterocycles. The van der Waals surface area contributed by atoms with Crippen LogP contribution in [0.5, 0.6) is 0 Å². The minimum atomic E-state index is -4.67. The number of aliphatic hydroxyl groups excluding tert-OH is 1. The minimum Gasteiger partial charge on any atom is -0.390 e. The first-order valence-corrected chi connectivity index (χ1v) is 8.33. The van der Waals surface area contributed by atoms with Crippen LogP contribution in [0.15, 0.2) is 15.8 Å². The molecule has 1 aliphatic heterocycles. The fraction of sp³-hybridized carbons (Fsp3) is 0.556. The van der Waals surface area contributed by atoms with E-state index < -0.39 is 44.1 Å². The van der Waals surface area contributed by atoms with Crippen LogP contribution in [0, 0.1) is 3.57 Å². The van der Waals surface area contributed by atoms with Crippen molar-refractivity contribution in [1.29, 1.82) is 0 Å². The molecule has 0 radical (unpaired) electrons. The highest BCUT2D eigenvalue weighted by Gasteiger charge is 2.37. The van der Waals surface area contributed by atoms with E-state index in [0.29, 0.717) is 0 Å². The van der Waals surface area contributed by atoms with Gasteiger partial charge in [0.05, 0.1) is 16.3 Å². The number of rotatable bonds is 4. The van der Waals surface area contributed by atoms with Crippen molar-refractivity contribution in [3.63, 3.8) is 0 Å². The number of hydrogen-bond acceptors (Lipinski definition) is 6. The van der Waals surface area contributed by atoms with Crippen molar-refractivity contribution in [3.05, 3.63) is 30.6 Å². The first kappa shape index (κ1) is 16.8. The third-order valence-corrected chi connectivity index (χ3v) is 4.10. The summed E-state index contributed by atoms with van der Waals surface area (Å²) in [5, 5.41) is 9.79. The van der Waals surface area contributed by atoms with Gasteiger partial charge in [0.2, 0.25) is 0 Å². The van der Waals surface area contributed by atoms with E-state index in [-0.39, 0.29) is 9.99 Å². The molecular weight excluding hydrogens is 422 g/mol. The first-order chi connectivity index (χ1) is 9.67. The highest BCUT2D eigenvalue weighted by molar-refractivity contribution is 14.1. The Hall–Kier alpha value is -0.560. The van der Waals surface area contributed by atoms with E-state index in [4.69, 9.17) is 14.5 Å². The quantitative estimate of drug-likeness (QED) is 0.345. The Balaban J connectivity index is 2.14. The van der Waals surface area contributed by atoms with Crippen molar-refractivity contribution in [2.45, 2.75) is 24.9 Å². The number of H-pyrrole nitrogens is 1. The van der Waals surface area contributed by atoms with Crippen molar-refractivity contribution >= 4 is 30.4 Å². The van der Waals surface area contributed by atoms with E-state index in [2.05, 4.69) is 9.51 Å². The Morgan fingerprint density at radius 2 is 2.19 bits per heavy atom. The molecule has 12 heteroatoms. The summed E-state index contributed by atoms with van der Waals surface area (Å²) in [5.41, 5.74) is -1.23. The maximum atomic E-state index is 11.7. The van der Waals surface area contributed by atoms with Gasteiger partial charge in [0.25, 0.3) is 5.56 Å². The summed E-state index contributed by atoms with van der Waals surface area (Å²) in [6, 6.07) is 0. The summed E-state index contributed by atoms with van der Waals surface area (Å²) >= 11 is 1.74. The van der Waals surface area contributed by atoms with Crippen LogP contribution in [-0.2, 0) is 13.8 Å². The first-order valence-electron chi connectivity index (χ1n) is 5.72. The average molecular weight is 434 g/mol. The molecule has 0 saturated carbocycles. The van der Waals surface area contributed by atoms with Gasteiger partial charge in [-0.15, -0.1) is 0 Å². The molecule has 1 unspecified atom stereocenters. The van der Waals surface area contributed by atoms with Crippen molar-refractivity contribution in [3.8, 4) is 0 Å². The van der Waals surface area contributed by atoms with Crippen LogP contribution in [0.2, 0.25) is 0 Å². The molecule has 21 heavy (non-hydrogen) atoms. The van der Waals surface area contributed by atoms with Crippen LogP contribution in [0.25, 0.3) is 0 Å². The monoisotopic (exact) mass is 434 g/mol. The summed E-state index contributed by atoms with van der Waals surface area (Å²) in [5.74, 6) is 0. The zero-order valence-corrected chi connectivity index (χ0v) is 13.4. The van der Waals surface area contributed by atoms with Crippen molar-refractivity contribution in [2.24, 2.45) is 0 Å². The SMILES string of the molecule is O=c1[nH]c(=O)n(C2C[C@H](O)[C@@H](COP(=O)(O)O)O2)cc1I. The minimum absolute atomic E-state index is 0.0250. The summed E-state index contributed by atoms with van der Waals surface area (Å²) in [6.07, 6.45) is -1.59. The van der Waals surface area contributed by atoms with Gasteiger partial charge in [-0.3, -0.25) is 18.9 Å². The topological polar surface area (TPSA) is 151 Å². The van der Waals surface area contributed by atoms with E-state index in [9.17, 15) is 19.3 Å². The molecule has 1 aromatic rings. The molecule has 0 bridgehead atoms. The maximum Gasteiger partial charge on any atom is 0.469 e. The standard InChI is InChI=1S/C9H12IN2O8P/c10-4-2-12(9(15)11-8(4)14)7-1-5(13)6(20-7)3-19-21(16,17)18/h2,5-7,13H,1,3H2,(H,11,14,15)(H2,16,17,18)/t5-,6+,7?/m0/s1. The number of hydrogen-bond donors (Lipinski definition) is 4. The van der Waals surface area contributed by atoms with Gasteiger partial charge < -0.3 is 19.6 Å². The molecule has 1 aromatic heterocycles. The van der Waals surface area contributed by atoms with Gasteiger partial charge in [-0.1, -0.05) is 0 Å². The number of nitrogens with zero attached hydrogens (tertiary/aromatic N) is 1. The van der Waals surface area contributed by atoms with Gasteiger partial charge in [-0.05, 0) is 22.6 Å². The smallest absolute Gasteiger partial charge is 0.390 e. The summed E-state index contributed by atoms with van der Waals surface area (Å²) < 4.78 is 21.6. The molecule has 0 spiro atoms. The predicted molar refractivity (Wildman–Crippen MR) is 76.6 cm³/mol. The lowest BCUT2D eigenvalue weighted by atomic mass is 10.2. The fourth-order valence-electron chi connectivity index (χ4n) is 1.88. The Bertz CT molecular complexity index is 681. The molecule has 3 atom stereocenters. The van der Waals surface area contributed by atoms with Crippen LogP contribution in [0.4, 0.5) is 0 Å². The lowest BCUT2D eigenvalue weighted by Crippen LogP contribution is -2.33. The van der Waals surface area contributed by atoms with Gasteiger partial charge in [0, 0.05) is 12.6 Å². The second kappa shape index (κ2) is 6.28. The zero-order valence-electron chi connectivity index (χ0n) is 10.4. The Labute approximate surface area is 131 Å². The number of aromatic amines is 1. The van der Waals surface area contributed by atoms with Gasteiger partial charge in [-0.25, -0.2) is 9.36 Å². The maximum absolute atomic E-state index is 11.7. The van der Waals surface area contributed by atoms with E-state index in [1.807, 2.05) is 0 Å². The van der Waals surface area contributed by atoms with Crippen molar-refractivity contribution < 1.29 is 28.7 Å². The lowest BCUT2D eigenvalue weighted by Gasteiger charge is -2.16. The normalized spacial score (nSPS) is 26.2. The predicted octanol–water partition coefficient (Wildman–Crippen LogP) is -1.10. The lowest BCUT2D eigenvalue weighted by molar-refractivity contribution is -0.0451. The second-order valence-corrected chi connectivity index (χ2v) is 6.76. The number of phosphoric acid groups is 1. The van der Waals surface area contributed by atoms with Crippen LogP contribution in [0.1, 0.15) is 12.6 Å².